The van der Waals surface area contributed by atoms with Crippen LogP contribution in [0.4, 0.5) is 11.4 Å². The van der Waals surface area contributed by atoms with Gasteiger partial charge in [0, 0.05) is 33.4 Å². The number of nitrogens with zero attached hydrogens (tertiary/aromatic N) is 2. The minimum Gasteiger partial charge on any atom is -0.334 e. The van der Waals surface area contributed by atoms with E-state index in [-0.39, 0.29) is 6.04 Å². The summed E-state index contributed by atoms with van der Waals surface area (Å²) in [6.07, 6.45) is 7.96. The van der Waals surface area contributed by atoms with Crippen LogP contribution in [0.3, 0.4) is 0 Å². The molecule has 1 aliphatic rings. The maximum atomic E-state index is 2.54. The minimum atomic E-state index is 0.104. The summed E-state index contributed by atoms with van der Waals surface area (Å²) in [7, 11) is 0. The van der Waals surface area contributed by atoms with Crippen molar-refractivity contribution in [2.45, 2.75) is 12.5 Å². The minimum absolute atomic E-state index is 0.104. The van der Waals surface area contributed by atoms with E-state index in [4.69, 9.17) is 0 Å². The van der Waals surface area contributed by atoms with E-state index in [0.29, 0.717) is 0 Å². The van der Waals surface area contributed by atoms with Gasteiger partial charge in [-0.05, 0) is 116 Å². The highest BCUT2D eigenvalue weighted by atomic mass is 15.2. The van der Waals surface area contributed by atoms with Crippen molar-refractivity contribution in [1.29, 1.82) is 0 Å². The normalized spacial score (nSPS) is 13.6. The van der Waals surface area contributed by atoms with Crippen molar-refractivity contribution in [3.05, 3.63) is 266 Å². The zero-order chi connectivity index (χ0) is 43.8. The Labute approximate surface area is 386 Å². The van der Waals surface area contributed by atoms with Crippen molar-refractivity contribution in [3.63, 3.8) is 0 Å². The number of hydrogen-bond acceptors (Lipinski definition) is 1. The van der Waals surface area contributed by atoms with Crippen LogP contribution in [-0.2, 0) is 0 Å². The van der Waals surface area contributed by atoms with Crippen LogP contribution >= 0.6 is 0 Å². The molecule has 11 aromatic rings. The molecule has 66 heavy (non-hydrogen) atoms. The highest BCUT2D eigenvalue weighted by Crippen LogP contribution is 2.43. The quantitative estimate of drug-likeness (QED) is 0.141. The first kappa shape index (κ1) is 39.2. The maximum absolute atomic E-state index is 2.54. The second-order valence-electron chi connectivity index (χ2n) is 17.2. The first-order valence-corrected chi connectivity index (χ1v) is 22.9. The lowest BCUT2D eigenvalue weighted by molar-refractivity contribution is 0.788. The summed E-state index contributed by atoms with van der Waals surface area (Å²) in [6.45, 7) is 0. The summed E-state index contributed by atoms with van der Waals surface area (Å²) >= 11 is 0. The number of aromatic nitrogens is 1. The molecule has 1 atom stereocenters. The van der Waals surface area contributed by atoms with Gasteiger partial charge in [0.1, 0.15) is 0 Å². The molecule has 12 rings (SSSR count). The van der Waals surface area contributed by atoms with E-state index in [0.717, 1.165) is 17.8 Å². The predicted octanol–water partition coefficient (Wildman–Crippen LogP) is 17.2. The first-order valence-electron chi connectivity index (χ1n) is 22.9. The van der Waals surface area contributed by atoms with Crippen LogP contribution in [0.5, 0.6) is 0 Å². The molecule has 0 N–H and O–H groups in total. The molecule has 1 heterocycles. The molecule has 10 aromatic carbocycles. The molecule has 0 fully saturated rings. The molecule has 0 bridgehead atoms. The van der Waals surface area contributed by atoms with E-state index in [9.17, 15) is 0 Å². The van der Waals surface area contributed by atoms with Gasteiger partial charge in [0.05, 0.1) is 17.1 Å². The molecule has 0 spiro atoms. The number of fused-ring (bicyclic) bond motifs is 4. The summed E-state index contributed by atoms with van der Waals surface area (Å²) in [5.41, 5.74) is 18.0. The molecule has 0 aliphatic heterocycles. The fourth-order valence-corrected chi connectivity index (χ4v) is 10.1. The van der Waals surface area contributed by atoms with Gasteiger partial charge in [-0.15, -0.1) is 0 Å². The zero-order valence-electron chi connectivity index (χ0n) is 36.5. The molecule has 2 heteroatoms. The van der Waals surface area contributed by atoms with E-state index >= 15 is 0 Å². The smallest absolute Gasteiger partial charge is 0.0560 e. The average molecular weight is 843 g/mol. The second kappa shape index (κ2) is 16.9. The van der Waals surface area contributed by atoms with Crippen LogP contribution < -0.4 is 4.90 Å². The Balaban J connectivity index is 0.945. The molecule has 1 aromatic heterocycles. The first-order chi connectivity index (χ1) is 32.7. The molecular weight excluding hydrogens is 797 g/mol. The Bertz CT molecular complexity index is 3600. The highest BCUT2D eigenvalue weighted by Gasteiger charge is 2.24. The fraction of sp³-hybridized carbons (Fsp3) is 0.0312. The molecule has 0 saturated carbocycles. The van der Waals surface area contributed by atoms with Gasteiger partial charge in [0.2, 0.25) is 0 Å². The van der Waals surface area contributed by atoms with Crippen molar-refractivity contribution < 1.29 is 0 Å². The number of rotatable bonds is 9. The largest absolute Gasteiger partial charge is 0.334 e. The molecule has 0 amide bonds. The molecular formula is C64H46N2. The summed E-state index contributed by atoms with van der Waals surface area (Å²) in [6, 6.07) is 88.6. The second-order valence-corrected chi connectivity index (χ2v) is 17.2. The fourth-order valence-electron chi connectivity index (χ4n) is 10.1. The monoisotopic (exact) mass is 842 g/mol. The van der Waals surface area contributed by atoms with Crippen LogP contribution in [-0.4, -0.2) is 10.6 Å². The molecule has 0 saturated heterocycles. The highest BCUT2D eigenvalue weighted by molar-refractivity contribution is 6.16. The van der Waals surface area contributed by atoms with Crippen molar-refractivity contribution in [2.24, 2.45) is 0 Å². The lowest BCUT2D eigenvalue weighted by Gasteiger charge is -2.35. The summed E-state index contributed by atoms with van der Waals surface area (Å²) in [5.74, 6) is 0. The third-order valence-electron chi connectivity index (χ3n) is 13.3. The number of allylic oxidation sites excluding steroid dienone is 2. The summed E-state index contributed by atoms with van der Waals surface area (Å²) in [4.78, 5) is 2.54. The van der Waals surface area contributed by atoms with Crippen molar-refractivity contribution in [1.82, 2.24) is 4.57 Å². The Hall–Kier alpha value is -8.46. The van der Waals surface area contributed by atoms with Crippen molar-refractivity contribution >= 4 is 49.5 Å². The van der Waals surface area contributed by atoms with E-state index in [1.165, 1.54) is 93.9 Å². The van der Waals surface area contributed by atoms with Gasteiger partial charge in [-0.1, -0.05) is 212 Å². The third-order valence-corrected chi connectivity index (χ3v) is 13.3. The Kier molecular flexibility index (Phi) is 10.0. The van der Waals surface area contributed by atoms with Gasteiger partial charge in [-0.25, -0.2) is 0 Å². The molecule has 2 nitrogen and oxygen atoms in total. The van der Waals surface area contributed by atoms with E-state index in [1.807, 2.05) is 0 Å². The number of anilines is 2. The number of hydrogen-bond donors (Lipinski definition) is 0. The van der Waals surface area contributed by atoms with Crippen LogP contribution in [0.25, 0.3) is 88.3 Å². The average Bonchev–Trinajstić information content (AvgIpc) is 3.74. The Morgan fingerprint density at radius 1 is 0.394 bits per heavy atom. The van der Waals surface area contributed by atoms with Gasteiger partial charge in [-0.2, -0.15) is 0 Å². The molecule has 1 unspecified atom stereocenters. The van der Waals surface area contributed by atoms with E-state index in [1.54, 1.807) is 0 Å². The summed E-state index contributed by atoms with van der Waals surface area (Å²) in [5, 5.41) is 4.99. The van der Waals surface area contributed by atoms with Gasteiger partial charge in [0.15, 0.2) is 0 Å². The zero-order valence-corrected chi connectivity index (χ0v) is 36.5. The van der Waals surface area contributed by atoms with E-state index in [2.05, 4.69) is 270 Å². The molecule has 1 aliphatic carbocycles. The van der Waals surface area contributed by atoms with Crippen LogP contribution in [0.1, 0.15) is 12.0 Å². The van der Waals surface area contributed by atoms with Gasteiger partial charge < -0.3 is 9.47 Å². The molecule has 0 radical (unpaired) electrons. The predicted molar refractivity (Wildman–Crippen MR) is 281 cm³/mol. The maximum Gasteiger partial charge on any atom is 0.0560 e. The van der Waals surface area contributed by atoms with Gasteiger partial charge in [-0.3, -0.25) is 0 Å². The van der Waals surface area contributed by atoms with Crippen LogP contribution in [0, 0.1) is 0 Å². The lowest BCUT2D eigenvalue weighted by atomic mass is 9.93. The Morgan fingerprint density at radius 2 is 0.955 bits per heavy atom. The number of para-hydroxylation sites is 2. The van der Waals surface area contributed by atoms with Crippen LogP contribution in [0.15, 0.2) is 261 Å². The third kappa shape index (κ3) is 7.19. The Morgan fingerprint density at radius 3 is 1.70 bits per heavy atom. The van der Waals surface area contributed by atoms with Gasteiger partial charge in [0.25, 0.3) is 0 Å². The summed E-state index contributed by atoms with van der Waals surface area (Å²) < 4.78 is 2.43. The topological polar surface area (TPSA) is 8.17 Å². The van der Waals surface area contributed by atoms with Crippen molar-refractivity contribution in [2.75, 3.05) is 4.90 Å². The lowest BCUT2D eigenvalue weighted by Crippen LogP contribution is -2.30. The number of benzene rings is 10. The van der Waals surface area contributed by atoms with Crippen LogP contribution in [0.2, 0.25) is 0 Å². The molecule has 312 valence electrons. The van der Waals surface area contributed by atoms with Crippen molar-refractivity contribution in [3.8, 4) is 50.2 Å². The standard InChI is InChI=1S/C64H46N2/c1-3-15-45(16-4-1)48-29-31-49(32-30-48)51-35-40-56(41-36-51)65(55-38-33-50(34-39-55)46-17-5-2-6-18-46)61-26-11-9-23-58(61)53-21-13-22-54(43-53)59-25-14-28-63-64(59)60-24-10-12-27-62(60)66(63)57-42-37-47-19-7-8-20-52(47)44-57/h1-38,40-44,55H,39H2. The van der Waals surface area contributed by atoms with Gasteiger partial charge >= 0.3 is 0 Å². The van der Waals surface area contributed by atoms with E-state index < -0.39 is 0 Å². The SMILES string of the molecule is C1=CC(N(c2ccc(-c3ccc(-c4ccccc4)cc3)cc2)c2ccccc2-c2cccc(-c3cccc4c3c3ccccc3n4-c3ccc4ccccc4c3)c2)CC=C1c1ccccc1.